The Morgan fingerprint density at radius 1 is 1.20 bits per heavy atom. The largest absolute Gasteiger partial charge is 0.383 e. The molecule has 0 radical (unpaired) electrons. The molecule has 0 aliphatic carbocycles. The van der Waals surface area contributed by atoms with E-state index in [0.29, 0.717) is 22.7 Å². The molecule has 102 valence electrons. The van der Waals surface area contributed by atoms with E-state index in [-0.39, 0.29) is 0 Å². The Kier molecular flexibility index (Phi) is 3.10. The lowest BCUT2D eigenvalue weighted by Crippen LogP contribution is -2.03. The minimum Gasteiger partial charge on any atom is -0.383 e. The summed E-state index contributed by atoms with van der Waals surface area (Å²) in [5.74, 6) is 1.09. The quantitative estimate of drug-likeness (QED) is 0.777. The third-order valence-corrected chi connectivity index (χ3v) is 3.48. The summed E-state index contributed by atoms with van der Waals surface area (Å²) in [6, 6.07) is 9.73. The van der Waals surface area contributed by atoms with E-state index in [9.17, 15) is 0 Å². The van der Waals surface area contributed by atoms with Crippen LogP contribution in [0.1, 0.15) is 19.9 Å². The van der Waals surface area contributed by atoms with Crippen molar-refractivity contribution >= 4 is 28.5 Å². The van der Waals surface area contributed by atoms with Crippen LogP contribution >= 0.6 is 11.6 Å². The Morgan fingerprint density at radius 3 is 2.70 bits per heavy atom. The molecule has 0 saturated heterocycles. The van der Waals surface area contributed by atoms with Crippen LogP contribution in [0.5, 0.6) is 0 Å². The van der Waals surface area contributed by atoms with Crippen molar-refractivity contribution in [3.05, 3.63) is 41.6 Å². The van der Waals surface area contributed by atoms with Crippen molar-refractivity contribution in [1.82, 2.24) is 14.5 Å². The highest BCUT2D eigenvalue weighted by molar-refractivity contribution is 6.30. The SMILES string of the molecule is CC(C)n1ccc2c(N)nc(-c3cccc(Cl)c3)nc21. The zero-order valence-corrected chi connectivity index (χ0v) is 12.1. The van der Waals surface area contributed by atoms with Gasteiger partial charge in [0, 0.05) is 22.8 Å². The van der Waals surface area contributed by atoms with Crippen molar-refractivity contribution < 1.29 is 0 Å². The molecule has 0 amide bonds. The molecular weight excluding hydrogens is 272 g/mol. The summed E-state index contributed by atoms with van der Waals surface area (Å²) in [4.78, 5) is 9.02. The molecular formula is C15H15ClN4. The van der Waals surface area contributed by atoms with Gasteiger partial charge in [0.05, 0.1) is 5.39 Å². The second kappa shape index (κ2) is 4.80. The zero-order valence-electron chi connectivity index (χ0n) is 11.3. The molecule has 3 aromatic rings. The second-order valence-corrected chi connectivity index (χ2v) is 5.43. The number of benzene rings is 1. The molecule has 2 heterocycles. The fourth-order valence-corrected chi connectivity index (χ4v) is 2.42. The van der Waals surface area contributed by atoms with E-state index in [0.717, 1.165) is 16.6 Å². The molecule has 0 bridgehead atoms. The van der Waals surface area contributed by atoms with Crippen LogP contribution in [0.4, 0.5) is 5.82 Å². The molecule has 20 heavy (non-hydrogen) atoms. The Balaban J connectivity index is 2.25. The molecule has 0 aliphatic heterocycles. The summed E-state index contributed by atoms with van der Waals surface area (Å²) >= 11 is 6.02. The standard InChI is InChI=1S/C15H15ClN4/c1-9(2)20-7-6-12-13(17)18-14(19-15(12)20)10-4-3-5-11(16)8-10/h3-9H,1-2H3,(H2,17,18,19). The molecule has 4 nitrogen and oxygen atoms in total. The Hall–Kier alpha value is -2.07. The number of nitrogen functional groups attached to an aromatic ring is 1. The number of nitrogens with two attached hydrogens (primary N) is 1. The fraction of sp³-hybridized carbons (Fsp3) is 0.200. The fourth-order valence-electron chi connectivity index (χ4n) is 2.23. The average Bonchev–Trinajstić information content (AvgIpc) is 2.83. The number of rotatable bonds is 2. The van der Waals surface area contributed by atoms with Gasteiger partial charge in [-0.25, -0.2) is 9.97 Å². The van der Waals surface area contributed by atoms with E-state index in [1.165, 1.54) is 0 Å². The van der Waals surface area contributed by atoms with Crippen LogP contribution in [-0.2, 0) is 0 Å². The predicted molar refractivity (Wildman–Crippen MR) is 82.8 cm³/mol. The summed E-state index contributed by atoms with van der Waals surface area (Å²) < 4.78 is 2.08. The topological polar surface area (TPSA) is 56.7 Å². The van der Waals surface area contributed by atoms with Crippen molar-refractivity contribution in [2.24, 2.45) is 0 Å². The van der Waals surface area contributed by atoms with Crippen LogP contribution in [0.15, 0.2) is 36.5 Å². The number of halogens is 1. The molecule has 2 aromatic heterocycles. The van der Waals surface area contributed by atoms with Gasteiger partial charge >= 0.3 is 0 Å². The van der Waals surface area contributed by atoms with Gasteiger partial charge < -0.3 is 10.3 Å². The van der Waals surface area contributed by atoms with E-state index in [1.807, 2.05) is 36.5 Å². The first kappa shape index (κ1) is 12.9. The molecule has 5 heteroatoms. The second-order valence-electron chi connectivity index (χ2n) is 5.00. The maximum Gasteiger partial charge on any atom is 0.163 e. The molecule has 0 aliphatic rings. The molecule has 0 atom stereocenters. The first-order chi connectivity index (χ1) is 9.56. The van der Waals surface area contributed by atoms with Gasteiger partial charge in [0.25, 0.3) is 0 Å². The van der Waals surface area contributed by atoms with Crippen LogP contribution in [0.3, 0.4) is 0 Å². The Bertz CT molecular complexity index is 777. The van der Waals surface area contributed by atoms with Crippen molar-refractivity contribution in [3.63, 3.8) is 0 Å². The van der Waals surface area contributed by atoms with Crippen molar-refractivity contribution in [2.45, 2.75) is 19.9 Å². The summed E-state index contributed by atoms with van der Waals surface area (Å²) in [6.45, 7) is 4.22. The van der Waals surface area contributed by atoms with Crippen LogP contribution in [0.25, 0.3) is 22.4 Å². The van der Waals surface area contributed by atoms with Crippen molar-refractivity contribution in [1.29, 1.82) is 0 Å². The zero-order chi connectivity index (χ0) is 14.3. The highest BCUT2D eigenvalue weighted by atomic mass is 35.5. The van der Waals surface area contributed by atoms with Gasteiger partial charge in [-0.15, -0.1) is 0 Å². The van der Waals surface area contributed by atoms with E-state index in [1.54, 1.807) is 0 Å². The first-order valence-corrected chi connectivity index (χ1v) is 6.84. The van der Waals surface area contributed by atoms with Crippen LogP contribution in [0, 0.1) is 0 Å². The highest BCUT2D eigenvalue weighted by Crippen LogP contribution is 2.27. The third kappa shape index (κ3) is 2.12. The van der Waals surface area contributed by atoms with Gasteiger partial charge in [0.15, 0.2) is 5.82 Å². The summed E-state index contributed by atoms with van der Waals surface area (Å²) in [5, 5.41) is 1.54. The van der Waals surface area contributed by atoms with Gasteiger partial charge in [-0.3, -0.25) is 0 Å². The Labute approximate surface area is 122 Å². The monoisotopic (exact) mass is 286 g/mol. The van der Waals surface area contributed by atoms with Crippen LogP contribution in [-0.4, -0.2) is 14.5 Å². The van der Waals surface area contributed by atoms with Crippen molar-refractivity contribution in [3.8, 4) is 11.4 Å². The lowest BCUT2D eigenvalue weighted by atomic mass is 10.2. The number of nitrogens with zero attached hydrogens (tertiary/aromatic N) is 3. The molecule has 0 fully saturated rings. The van der Waals surface area contributed by atoms with Gasteiger partial charge in [0.2, 0.25) is 0 Å². The van der Waals surface area contributed by atoms with E-state index < -0.39 is 0 Å². The number of fused-ring (bicyclic) bond motifs is 1. The molecule has 0 unspecified atom stereocenters. The number of hydrogen-bond donors (Lipinski definition) is 1. The van der Waals surface area contributed by atoms with Gasteiger partial charge in [0.1, 0.15) is 11.5 Å². The smallest absolute Gasteiger partial charge is 0.163 e. The lowest BCUT2D eigenvalue weighted by Gasteiger charge is -2.10. The van der Waals surface area contributed by atoms with E-state index >= 15 is 0 Å². The summed E-state index contributed by atoms with van der Waals surface area (Å²) in [6.07, 6.45) is 1.99. The third-order valence-electron chi connectivity index (χ3n) is 3.24. The molecule has 3 rings (SSSR count). The molecule has 1 aromatic carbocycles. The van der Waals surface area contributed by atoms with Gasteiger partial charge in [-0.2, -0.15) is 0 Å². The van der Waals surface area contributed by atoms with Gasteiger partial charge in [-0.05, 0) is 32.0 Å². The summed E-state index contributed by atoms with van der Waals surface area (Å²) in [5.41, 5.74) is 7.76. The number of aromatic nitrogens is 3. The average molecular weight is 287 g/mol. The van der Waals surface area contributed by atoms with E-state index in [4.69, 9.17) is 17.3 Å². The first-order valence-electron chi connectivity index (χ1n) is 6.46. The normalized spacial score (nSPS) is 11.4. The van der Waals surface area contributed by atoms with Crippen LogP contribution in [0.2, 0.25) is 5.02 Å². The maximum atomic E-state index is 6.05. The number of anilines is 1. The maximum absolute atomic E-state index is 6.05. The molecule has 2 N–H and O–H groups in total. The molecule has 0 spiro atoms. The minimum absolute atomic E-state index is 0.314. The summed E-state index contributed by atoms with van der Waals surface area (Å²) in [7, 11) is 0. The number of hydrogen-bond acceptors (Lipinski definition) is 3. The van der Waals surface area contributed by atoms with Crippen LogP contribution < -0.4 is 5.73 Å². The molecule has 0 saturated carbocycles. The highest BCUT2D eigenvalue weighted by Gasteiger charge is 2.12. The lowest BCUT2D eigenvalue weighted by molar-refractivity contribution is 0.618. The van der Waals surface area contributed by atoms with Crippen molar-refractivity contribution in [2.75, 3.05) is 5.73 Å². The Morgan fingerprint density at radius 2 is 2.00 bits per heavy atom. The predicted octanol–water partition coefficient (Wildman–Crippen LogP) is 3.91. The minimum atomic E-state index is 0.314. The van der Waals surface area contributed by atoms with E-state index in [2.05, 4.69) is 28.4 Å². The van der Waals surface area contributed by atoms with Gasteiger partial charge in [-0.1, -0.05) is 23.7 Å².